The molecule has 0 spiro atoms. The number of carbonyl (C=O) groups excluding carboxylic acids is 1. The van der Waals surface area contributed by atoms with Crippen molar-refractivity contribution in [2.24, 2.45) is 0 Å². The van der Waals surface area contributed by atoms with Crippen molar-refractivity contribution in [2.45, 2.75) is 38.7 Å². The highest BCUT2D eigenvalue weighted by atomic mass is 35.5. The first-order valence-corrected chi connectivity index (χ1v) is 10.4. The molecule has 0 aromatic heterocycles. The monoisotopic (exact) mass is 413 g/mol. The van der Waals surface area contributed by atoms with E-state index in [1.807, 2.05) is 62.4 Å². The number of rotatable bonds is 5. The van der Waals surface area contributed by atoms with Gasteiger partial charge in [-0.15, -0.1) is 0 Å². The van der Waals surface area contributed by atoms with Crippen LogP contribution in [0.25, 0.3) is 6.08 Å². The molecule has 0 aliphatic carbocycles. The van der Waals surface area contributed by atoms with Gasteiger partial charge in [-0.3, -0.25) is 4.79 Å². The Morgan fingerprint density at radius 3 is 2.55 bits per heavy atom. The molecule has 0 radical (unpaired) electrons. The number of ether oxygens (including phenoxy) is 1. The molecule has 1 unspecified atom stereocenters. The van der Waals surface area contributed by atoms with E-state index < -0.39 is 5.60 Å². The van der Waals surface area contributed by atoms with E-state index in [0.717, 1.165) is 28.1 Å². The molecule has 4 nitrogen and oxygen atoms in total. The Labute approximate surface area is 177 Å². The van der Waals surface area contributed by atoms with Crippen molar-refractivity contribution in [1.29, 1.82) is 0 Å². The molecule has 1 aliphatic heterocycles. The third-order valence-electron chi connectivity index (χ3n) is 5.36. The summed E-state index contributed by atoms with van der Waals surface area (Å²) in [6.07, 6.45) is 5.26. The van der Waals surface area contributed by atoms with Crippen LogP contribution in [-0.2, 0) is 4.79 Å². The summed E-state index contributed by atoms with van der Waals surface area (Å²) in [4.78, 5) is 14.3. The van der Waals surface area contributed by atoms with Crippen LogP contribution in [0.2, 0.25) is 5.02 Å². The third-order valence-corrected chi connectivity index (χ3v) is 5.96. The minimum atomic E-state index is -0.945. The predicted molar refractivity (Wildman–Crippen MR) is 117 cm³/mol. The van der Waals surface area contributed by atoms with Crippen molar-refractivity contribution < 1.29 is 14.6 Å². The topological polar surface area (TPSA) is 49.8 Å². The summed E-state index contributed by atoms with van der Waals surface area (Å²) in [5.41, 5.74) is 1.96. The maximum Gasteiger partial charge on any atom is 0.246 e. The van der Waals surface area contributed by atoms with Gasteiger partial charge in [0.1, 0.15) is 18.0 Å². The Morgan fingerprint density at radius 2 is 1.86 bits per heavy atom. The number of aryl methyl sites for hydroxylation is 2. The van der Waals surface area contributed by atoms with Crippen LogP contribution in [-0.4, -0.2) is 41.2 Å². The number of hydrogen-bond donors (Lipinski definition) is 1. The fourth-order valence-corrected chi connectivity index (χ4v) is 3.70. The first-order chi connectivity index (χ1) is 13.9. The van der Waals surface area contributed by atoms with Crippen LogP contribution in [0.15, 0.2) is 48.5 Å². The summed E-state index contributed by atoms with van der Waals surface area (Å²) in [5.74, 6) is 0.684. The second-order valence-corrected chi connectivity index (χ2v) is 8.18. The van der Waals surface area contributed by atoms with Gasteiger partial charge in [-0.2, -0.15) is 0 Å². The van der Waals surface area contributed by atoms with Gasteiger partial charge >= 0.3 is 0 Å². The lowest BCUT2D eigenvalue weighted by atomic mass is 9.96. The highest BCUT2D eigenvalue weighted by molar-refractivity contribution is 6.32. The summed E-state index contributed by atoms with van der Waals surface area (Å²) >= 11 is 6.21. The predicted octanol–water partition coefficient (Wildman–Crippen LogP) is 4.79. The molecule has 1 aliphatic rings. The molecule has 29 heavy (non-hydrogen) atoms. The summed E-state index contributed by atoms with van der Waals surface area (Å²) in [6.45, 7) is 5.23. The van der Waals surface area contributed by atoms with Gasteiger partial charge in [0.15, 0.2) is 0 Å². The number of carbonyl (C=O) groups is 1. The molecule has 2 aromatic rings. The number of amides is 1. The average molecular weight is 414 g/mol. The van der Waals surface area contributed by atoms with E-state index in [9.17, 15) is 9.90 Å². The van der Waals surface area contributed by atoms with Crippen LogP contribution in [0, 0.1) is 13.8 Å². The second kappa shape index (κ2) is 9.47. The minimum Gasteiger partial charge on any atom is -0.491 e. The van der Waals surface area contributed by atoms with Crippen molar-refractivity contribution >= 4 is 23.6 Å². The molecule has 3 rings (SSSR count). The normalized spacial score (nSPS) is 19.9. The number of aliphatic hydroxyl groups is 1. The maximum absolute atomic E-state index is 12.5. The molecule has 0 bridgehead atoms. The van der Waals surface area contributed by atoms with Crippen molar-refractivity contribution in [2.75, 3.05) is 19.7 Å². The fraction of sp³-hybridized carbons (Fsp3) is 0.375. The Balaban J connectivity index is 1.57. The number of hydrogen-bond acceptors (Lipinski definition) is 3. The minimum absolute atomic E-state index is 0.0250. The molecular weight excluding hydrogens is 386 g/mol. The van der Waals surface area contributed by atoms with Gasteiger partial charge in [0.2, 0.25) is 5.91 Å². The highest BCUT2D eigenvalue weighted by Gasteiger charge is 2.32. The maximum atomic E-state index is 12.5. The zero-order valence-electron chi connectivity index (χ0n) is 17.0. The molecule has 1 amide bonds. The van der Waals surface area contributed by atoms with Gasteiger partial charge in [0, 0.05) is 24.2 Å². The van der Waals surface area contributed by atoms with Gasteiger partial charge in [0.25, 0.3) is 0 Å². The SMILES string of the molecule is Cc1cc(OCC2(O)CCCN(C(=O)/C=C/c3ccccc3)CC2)cc(C)c1Cl. The van der Waals surface area contributed by atoms with Crippen molar-refractivity contribution in [3.63, 3.8) is 0 Å². The first kappa shape index (κ1) is 21.4. The zero-order valence-corrected chi connectivity index (χ0v) is 17.8. The van der Waals surface area contributed by atoms with E-state index in [-0.39, 0.29) is 12.5 Å². The number of halogens is 1. The molecule has 154 valence electrons. The van der Waals surface area contributed by atoms with Crippen LogP contribution in [0.4, 0.5) is 0 Å². The smallest absolute Gasteiger partial charge is 0.246 e. The van der Waals surface area contributed by atoms with E-state index in [2.05, 4.69) is 0 Å². The Bertz CT molecular complexity index is 858. The molecule has 1 fully saturated rings. The van der Waals surface area contributed by atoms with Gasteiger partial charge in [-0.1, -0.05) is 41.9 Å². The van der Waals surface area contributed by atoms with Gasteiger partial charge in [-0.25, -0.2) is 0 Å². The standard InChI is InChI=1S/C24H28ClNO3/c1-18-15-21(16-19(2)23(18)25)29-17-24(28)11-6-13-26(14-12-24)22(27)10-9-20-7-4-3-5-8-20/h3-5,7-10,15-16,28H,6,11-14,17H2,1-2H3/b10-9+. The van der Waals surface area contributed by atoms with E-state index in [4.69, 9.17) is 16.3 Å². The summed E-state index contributed by atoms with van der Waals surface area (Å²) in [5, 5.41) is 11.7. The highest BCUT2D eigenvalue weighted by Crippen LogP contribution is 2.28. The van der Waals surface area contributed by atoms with E-state index in [1.165, 1.54) is 0 Å². The summed E-state index contributed by atoms with van der Waals surface area (Å²) in [7, 11) is 0. The van der Waals surface area contributed by atoms with Crippen molar-refractivity contribution in [1.82, 2.24) is 4.90 Å². The van der Waals surface area contributed by atoms with Gasteiger partial charge in [0.05, 0.1) is 0 Å². The van der Waals surface area contributed by atoms with Crippen LogP contribution in [0.3, 0.4) is 0 Å². The lowest BCUT2D eigenvalue weighted by molar-refractivity contribution is -0.126. The molecular formula is C24H28ClNO3. The van der Waals surface area contributed by atoms with Gasteiger partial charge < -0.3 is 14.7 Å². The molecule has 1 atom stereocenters. The lowest BCUT2D eigenvalue weighted by Crippen LogP contribution is -2.38. The van der Waals surface area contributed by atoms with Crippen LogP contribution >= 0.6 is 11.6 Å². The summed E-state index contributed by atoms with van der Waals surface area (Å²) < 4.78 is 5.90. The molecule has 1 heterocycles. The Kier molecular flexibility index (Phi) is 6.99. The number of nitrogens with zero attached hydrogens (tertiary/aromatic N) is 1. The van der Waals surface area contributed by atoms with Crippen LogP contribution in [0.1, 0.15) is 36.0 Å². The Hall–Kier alpha value is -2.30. The first-order valence-electron chi connectivity index (χ1n) is 10.0. The van der Waals surface area contributed by atoms with Crippen LogP contribution < -0.4 is 4.74 Å². The zero-order chi connectivity index (χ0) is 20.9. The quantitative estimate of drug-likeness (QED) is 0.717. The van der Waals surface area contributed by atoms with Crippen molar-refractivity contribution in [3.8, 4) is 5.75 Å². The van der Waals surface area contributed by atoms with Crippen molar-refractivity contribution in [3.05, 3.63) is 70.3 Å². The number of likely N-dealkylation sites (tertiary alicyclic amines) is 1. The van der Waals surface area contributed by atoms with E-state index >= 15 is 0 Å². The fourth-order valence-electron chi connectivity index (χ4n) is 3.59. The van der Waals surface area contributed by atoms with E-state index in [0.29, 0.717) is 31.7 Å². The third kappa shape index (κ3) is 5.84. The summed E-state index contributed by atoms with van der Waals surface area (Å²) in [6, 6.07) is 13.5. The lowest BCUT2D eigenvalue weighted by Gasteiger charge is -2.27. The van der Waals surface area contributed by atoms with E-state index in [1.54, 1.807) is 11.0 Å². The molecule has 1 N–H and O–H groups in total. The molecule has 5 heteroatoms. The van der Waals surface area contributed by atoms with Crippen LogP contribution in [0.5, 0.6) is 5.75 Å². The average Bonchev–Trinajstić information content (AvgIpc) is 2.91. The molecule has 0 saturated carbocycles. The number of benzene rings is 2. The largest absolute Gasteiger partial charge is 0.491 e. The second-order valence-electron chi connectivity index (χ2n) is 7.81. The molecule has 2 aromatic carbocycles. The molecule has 1 saturated heterocycles. The Morgan fingerprint density at radius 1 is 1.17 bits per heavy atom. The van der Waals surface area contributed by atoms with Gasteiger partial charge in [-0.05, 0) is 68.0 Å².